The predicted octanol–water partition coefficient (Wildman–Crippen LogP) is 2.31. The largest absolute Gasteiger partial charge is 0.481 e. The fourth-order valence-electron chi connectivity index (χ4n) is 0.830. The van der Waals surface area contributed by atoms with Gasteiger partial charge in [-0.25, -0.2) is 0 Å². The topological polar surface area (TPSA) is 63.1 Å². The number of hydrogen-bond donors (Lipinski definition) is 1. The summed E-state index contributed by atoms with van der Waals surface area (Å²) in [7, 11) is 0. The summed E-state index contributed by atoms with van der Waals surface area (Å²) < 4.78 is 36.5. The number of halogens is 3. The summed E-state index contributed by atoms with van der Waals surface area (Å²) in [5, 5.41) is 15.3. The highest BCUT2D eigenvalue weighted by atomic mass is 32.2. The van der Waals surface area contributed by atoms with Gasteiger partial charge in [0.1, 0.15) is 5.03 Å². The van der Waals surface area contributed by atoms with Crippen LogP contribution >= 0.6 is 11.8 Å². The van der Waals surface area contributed by atoms with E-state index in [4.69, 9.17) is 5.11 Å². The van der Waals surface area contributed by atoms with Crippen molar-refractivity contribution in [3.8, 4) is 0 Å². The van der Waals surface area contributed by atoms with Gasteiger partial charge >= 0.3 is 12.1 Å². The molecule has 1 heterocycles. The molecule has 0 radical (unpaired) electrons. The van der Waals surface area contributed by atoms with Crippen LogP contribution in [-0.4, -0.2) is 27.0 Å². The Kier molecular flexibility index (Phi) is 4.33. The first-order valence-electron chi connectivity index (χ1n) is 4.57. The molecule has 1 aromatic heterocycles. The molecule has 4 nitrogen and oxygen atoms in total. The highest BCUT2D eigenvalue weighted by Crippen LogP contribution is 2.28. The number of carbonyl (C=O) groups is 1. The number of thioether (sulfide) groups is 1. The summed E-state index contributed by atoms with van der Waals surface area (Å²) in [6, 6.07) is 2.00. The molecule has 1 N–H and O–H groups in total. The number of nitrogens with zero attached hydrogens (tertiary/aromatic N) is 2. The van der Waals surface area contributed by atoms with Crippen molar-refractivity contribution in [3.05, 3.63) is 17.8 Å². The summed E-state index contributed by atoms with van der Waals surface area (Å²) in [6.07, 6.45) is -4.51. The van der Waals surface area contributed by atoms with E-state index in [0.29, 0.717) is 0 Å². The second kappa shape index (κ2) is 5.35. The van der Waals surface area contributed by atoms with Gasteiger partial charge in [0.25, 0.3) is 0 Å². The Morgan fingerprint density at radius 1 is 1.47 bits per heavy atom. The van der Waals surface area contributed by atoms with Gasteiger partial charge in [-0.1, -0.05) is 6.92 Å². The molecular weight excluding hydrogens is 257 g/mol. The summed E-state index contributed by atoms with van der Waals surface area (Å²) in [4.78, 5) is 10.5. The standard InChI is InChI=1S/C9H9F3N2O2S/c1-5(8(15)16)4-17-7-3-2-6(13-14-7)9(10,11)12/h2-3,5H,4H2,1H3,(H,15,16). The third kappa shape index (κ3) is 4.22. The van der Waals surface area contributed by atoms with Crippen molar-refractivity contribution in [1.29, 1.82) is 0 Å². The van der Waals surface area contributed by atoms with E-state index in [-0.39, 0.29) is 10.8 Å². The van der Waals surface area contributed by atoms with Crippen LogP contribution in [0.4, 0.5) is 13.2 Å². The minimum absolute atomic E-state index is 0.232. The Morgan fingerprint density at radius 2 is 2.12 bits per heavy atom. The zero-order valence-corrected chi connectivity index (χ0v) is 9.55. The lowest BCUT2D eigenvalue weighted by molar-refractivity contribution is -0.142. The number of hydrogen-bond acceptors (Lipinski definition) is 4. The molecule has 0 fully saturated rings. The molecule has 8 heteroatoms. The number of carboxylic acid groups (broad SMARTS) is 1. The van der Waals surface area contributed by atoms with Crippen LogP contribution in [0.25, 0.3) is 0 Å². The quantitative estimate of drug-likeness (QED) is 0.847. The second-order valence-electron chi connectivity index (χ2n) is 3.30. The number of rotatable bonds is 4. The number of aliphatic carboxylic acids is 1. The molecule has 1 rings (SSSR count). The van der Waals surface area contributed by atoms with Gasteiger partial charge in [0.05, 0.1) is 5.92 Å². The molecule has 1 unspecified atom stereocenters. The van der Waals surface area contributed by atoms with Crippen LogP contribution in [0.5, 0.6) is 0 Å². The maximum absolute atomic E-state index is 12.2. The predicted molar refractivity (Wildman–Crippen MR) is 54.6 cm³/mol. The number of alkyl halides is 3. The average molecular weight is 266 g/mol. The first-order valence-corrected chi connectivity index (χ1v) is 5.56. The van der Waals surface area contributed by atoms with Gasteiger partial charge in [0.2, 0.25) is 0 Å². The van der Waals surface area contributed by atoms with Crippen LogP contribution in [0.2, 0.25) is 0 Å². The maximum atomic E-state index is 12.2. The normalized spacial score (nSPS) is 13.4. The molecule has 0 aromatic carbocycles. The van der Waals surface area contributed by atoms with E-state index < -0.39 is 23.8 Å². The van der Waals surface area contributed by atoms with Crippen molar-refractivity contribution in [1.82, 2.24) is 10.2 Å². The first-order chi connectivity index (χ1) is 7.80. The van der Waals surface area contributed by atoms with Crippen LogP contribution in [0, 0.1) is 5.92 Å². The van der Waals surface area contributed by atoms with E-state index in [2.05, 4.69) is 10.2 Å². The summed E-state index contributed by atoms with van der Waals surface area (Å²) in [6.45, 7) is 1.51. The van der Waals surface area contributed by atoms with Crippen molar-refractivity contribution in [2.75, 3.05) is 5.75 Å². The SMILES string of the molecule is CC(CSc1ccc(C(F)(F)F)nn1)C(=O)O. The zero-order valence-electron chi connectivity index (χ0n) is 8.73. The number of aromatic nitrogens is 2. The summed E-state index contributed by atoms with van der Waals surface area (Å²) in [5.74, 6) is -1.32. The van der Waals surface area contributed by atoms with Gasteiger partial charge in [0.15, 0.2) is 5.69 Å². The molecule has 1 aromatic rings. The van der Waals surface area contributed by atoms with Crippen molar-refractivity contribution in [3.63, 3.8) is 0 Å². The Labute approximate surface area is 99.2 Å². The van der Waals surface area contributed by atoms with Gasteiger partial charge in [-0.2, -0.15) is 13.2 Å². The average Bonchev–Trinajstić information content (AvgIpc) is 2.25. The summed E-state index contributed by atoms with van der Waals surface area (Å²) in [5.41, 5.74) is -1.06. The molecule has 0 spiro atoms. The molecule has 0 bridgehead atoms. The molecule has 0 aliphatic carbocycles. The van der Waals surface area contributed by atoms with Crippen molar-refractivity contribution >= 4 is 17.7 Å². The number of carboxylic acids is 1. The minimum atomic E-state index is -4.51. The van der Waals surface area contributed by atoms with Gasteiger partial charge in [-0.3, -0.25) is 4.79 Å². The molecular formula is C9H9F3N2O2S. The molecule has 1 atom stereocenters. The third-order valence-corrected chi connectivity index (χ3v) is 3.01. The van der Waals surface area contributed by atoms with Gasteiger partial charge in [-0.05, 0) is 12.1 Å². The van der Waals surface area contributed by atoms with Crippen LogP contribution in [0.15, 0.2) is 17.2 Å². The lowest BCUT2D eigenvalue weighted by atomic mass is 10.2. The van der Waals surface area contributed by atoms with Crippen molar-refractivity contribution < 1.29 is 23.1 Å². The third-order valence-electron chi connectivity index (χ3n) is 1.83. The van der Waals surface area contributed by atoms with E-state index in [1.165, 1.54) is 13.0 Å². The van der Waals surface area contributed by atoms with Crippen LogP contribution in [0.3, 0.4) is 0 Å². The van der Waals surface area contributed by atoms with Crippen molar-refractivity contribution in [2.45, 2.75) is 18.1 Å². The fourth-order valence-corrected chi connectivity index (χ4v) is 1.66. The fraction of sp³-hybridized carbons (Fsp3) is 0.444. The lowest BCUT2D eigenvalue weighted by Gasteiger charge is -2.06. The molecule has 0 saturated carbocycles. The Bertz CT molecular complexity index is 394. The van der Waals surface area contributed by atoms with Gasteiger partial charge < -0.3 is 5.11 Å². The molecule has 0 amide bonds. The van der Waals surface area contributed by atoms with Crippen LogP contribution < -0.4 is 0 Å². The Balaban J connectivity index is 2.60. The Hall–Kier alpha value is -1.31. The molecule has 17 heavy (non-hydrogen) atoms. The molecule has 0 aliphatic heterocycles. The van der Waals surface area contributed by atoms with Gasteiger partial charge in [0, 0.05) is 5.75 Å². The lowest BCUT2D eigenvalue weighted by Crippen LogP contribution is -2.12. The van der Waals surface area contributed by atoms with Crippen LogP contribution in [-0.2, 0) is 11.0 Å². The Morgan fingerprint density at radius 3 is 2.53 bits per heavy atom. The van der Waals surface area contributed by atoms with Crippen LogP contribution in [0.1, 0.15) is 12.6 Å². The monoisotopic (exact) mass is 266 g/mol. The first kappa shape index (κ1) is 13.8. The van der Waals surface area contributed by atoms with Crippen molar-refractivity contribution in [2.24, 2.45) is 5.92 Å². The molecule has 0 aliphatic rings. The second-order valence-corrected chi connectivity index (χ2v) is 4.35. The maximum Gasteiger partial charge on any atom is 0.435 e. The molecule has 0 saturated heterocycles. The molecule has 94 valence electrons. The highest BCUT2D eigenvalue weighted by Gasteiger charge is 2.32. The zero-order chi connectivity index (χ0) is 13.1. The van der Waals surface area contributed by atoms with Gasteiger partial charge in [-0.15, -0.1) is 22.0 Å². The summed E-state index contributed by atoms with van der Waals surface area (Å²) >= 11 is 1.05. The van der Waals surface area contributed by atoms with E-state index in [1.807, 2.05) is 0 Å². The highest BCUT2D eigenvalue weighted by molar-refractivity contribution is 7.99. The van der Waals surface area contributed by atoms with E-state index in [0.717, 1.165) is 17.8 Å². The van der Waals surface area contributed by atoms with E-state index >= 15 is 0 Å². The smallest absolute Gasteiger partial charge is 0.435 e. The van der Waals surface area contributed by atoms with E-state index in [9.17, 15) is 18.0 Å². The van der Waals surface area contributed by atoms with E-state index in [1.54, 1.807) is 0 Å². The minimum Gasteiger partial charge on any atom is -0.481 e.